The minimum absolute atomic E-state index is 0.154. The van der Waals surface area contributed by atoms with Crippen LogP contribution in [-0.4, -0.2) is 59.8 Å². The largest absolute Gasteiger partial charge is 0.394 e. The molecule has 1 saturated heterocycles. The smallest absolute Gasteiger partial charge is 0.168 e. The van der Waals surface area contributed by atoms with Gasteiger partial charge in [0, 0.05) is 0 Å². The zero-order chi connectivity index (χ0) is 20.5. The second-order valence-corrected chi connectivity index (χ2v) is 6.57. The molecule has 4 rings (SSSR count). The zero-order valence-electron chi connectivity index (χ0n) is 15.1. The molecule has 10 heteroatoms. The second-order valence-electron chi connectivity index (χ2n) is 6.57. The number of nitrogen functional groups attached to an aromatic ring is 1. The van der Waals surface area contributed by atoms with Crippen molar-refractivity contribution in [1.29, 1.82) is 5.26 Å². The average molecular weight is 394 g/mol. The molecule has 0 aliphatic carbocycles. The van der Waals surface area contributed by atoms with Gasteiger partial charge < -0.3 is 25.8 Å². The average Bonchev–Trinajstić information content (AvgIpc) is 3.25. The highest BCUT2D eigenvalue weighted by atomic mass is 16.6. The lowest BCUT2D eigenvalue weighted by atomic mass is 10.1. The van der Waals surface area contributed by atoms with Gasteiger partial charge in [0.05, 0.1) is 18.2 Å². The van der Waals surface area contributed by atoms with E-state index in [9.17, 15) is 15.3 Å². The summed E-state index contributed by atoms with van der Waals surface area (Å²) in [5.41, 5.74) is 7.83. The van der Waals surface area contributed by atoms with Crippen LogP contribution in [0.15, 0.2) is 30.6 Å². The number of ether oxygens (including phenoxy) is 1. The van der Waals surface area contributed by atoms with E-state index in [1.807, 2.05) is 6.07 Å². The van der Waals surface area contributed by atoms with E-state index in [0.29, 0.717) is 22.6 Å². The molecule has 0 radical (unpaired) electrons. The Bertz CT molecular complexity index is 1120. The predicted molar refractivity (Wildman–Crippen MR) is 103 cm³/mol. The third-order valence-corrected chi connectivity index (χ3v) is 4.74. The van der Waals surface area contributed by atoms with E-state index in [-0.39, 0.29) is 5.82 Å². The summed E-state index contributed by atoms with van der Waals surface area (Å²) >= 11 is 0. The van der Waals surface area contributed by atoms with Crippen LogP contribution in [0.1, 0.15) is 23.2 Å². The molecule has 3 heterocycles. The molecule has 2 aromatic heterocycles. The summed E-state index contributed by atoms with van der Waals surface area (Å²) in [6.07, 6.45) is 0.0967. The maximum atomic E-state index is 10.5. The van der Waals surface area contributed by atoms with Gasteiger partial charge in [-0.1, -0.05) is 18.2 Å². The van der Waals surface area contributed by atoms with Crippen LogP contribution in [0.2, 0.25) is 0 Å². The standard InChI is InChI=1S/C19H18N6O4/c20-7-11-3-1-2-10(6-11)4-5-13-24-14-17(21)22-9-23-18(14)25(13)19-16(28)15(27)12(8-26)29-19/h1-6,9,12,15-16,19,26-28H,8H2,(H2,21,22,23)/b5-4+/t12-,15-,16-,19-/m1/s1. The number of fused-ring (bicyclic) bond motifs is 1. The van der Waals surface area contributed by atoms with Crippen LogP contribution in [0.3, 0.4) is 0 Å². The van der Waals surface area contributed by atoms with Crippen LogP contribution in [-0.2, 0) is 4.74 Å². The van der Waals surface area contributed by atoms with Gasteiger partial charge >= 0.3 is 0 Å². The van der Waals surface area contributed by atoms with Crippen molar-refractivity contribution in [3.05, 3.63) is 47.5 Å². The van der Waals surface area contributed by atoms with Crippen molar-refractivity contribution in [3.63, 3.8) is 0 Å². The first-order valence-electron chi connectivity index (χ1n) is 8.82. The summed E-state index contributed by atoms with van der Waals surface area (Å²) in [5, 5.41) is 39.0. The van der Waals surface area contributed by atoms with Gasteiger partial charge in [-0.25, -0.2) is 15.0 Å². The summed E-state index contributed by atoms with van der Waals surface area (Å²) in [6.45, 7) is -0.454. The van der Waals surface area contributed by atoms with Crippen molar-refractivity contribution in [2.24, 2.45) is 0 Å². The fourth-order valence-corrected chi connectivity index (χ4v) is 3.29. The first-order valence-corrected chi connectivity index (χ1v) is 8.82. The van der Waals surface area contributed by atoms with Crippen LogP contribution < -0.4 is 5.73 Å². The minimum Gasteiger partial charge on any atom is -0.394 e. The van der Waals surface area contributed by atoms with Gasteiger partial charge in [-0.15, -0.1) is 0 Å². The molecular formula is C19H18N6O4. The maximum absolute atomic E-state index is 10.5. The molecule has 1 aromatic carbocycles. The van der Waals surface area contributed by atoms with E-state index in [2.05, 4.69) is 21.0 Å². The van der Waals surface area contributed by atoms with Crippen LogP contribution in [0.25, 0.3) is 23.3 Å². The number of imidazole rings is 1. The molecule has 0 unspecified atom stereocenters. The molecule has 3 aromatic rings. The first-order chi connectivity index (χ1) is 14.0. The molecule has 0 amide bonds. The zero-order valence-corrected chi connectivity index (χ0v) is 15.1. The number of hydrogen-bond donors (Lipinski definition) is 4. The Morgan fingerprint density at radius 3 is 2.79 bits per heavy atom. The summed E-state index contributed by atoms with van der Waals surface area (Å²) < 4.78 is 7.15. The van der Waals surface area contributed by atoms with Gasteiger partial charge in [0.1, 0.15) is 30.5 Å². The molecule has 148 valence electrons. The number of benzene rings is 1. The Morgan fingerprint density at radius 1 is 1.24 bits per heavy atom. The fraction of sp³-hybridized carbons (Fsp3) is 0.263. The number of hydrogen-bond acceptors (Lipinski definition) is 9. The highest BCUT2D eigenvalue weighted by Gasteiger charge is 2.44. The normalized spacial score (nSPS) is 24.3. The van der Waals surface area contributed by atoms with E-state index >= 15 is 0 Å². The van der Waals surface area contributed by atoms with Crippen molar-refractivity contribution in [1.82, 2.24) is 19.5 Å². The van der Waals surface area contributed by atoms with Crippen molar-refractivity contribution < 1.29 is 20.1 Å². The molecule has 10 nitrogen and oxygen atoms in total. The van der Waals surface area contributed by atoms with Gasteiger partial charge in [0.2, 0.25) is 0 Å². The number of nitrogens with two attached hydrogens (primary N) is 1. The lowest BCUT2D eigenvalue weighted by Crippen LogP contribution is -2.33. The third kappa shape index (κ3) is 3.32. The maximum Gasteiger partial charge on any atom is 0.168 e. The number of rotatable bonds is 4. The molecule has 1 aliphatic rings. The Balaban J connectivity index is 1.82. The molecule has 0 bridgehead atoms. The van der Waals surface area contributed by atoms with Crippen molar-refractivity contribution in [2.75, 3.05) is 12.3 Å². The Kier molecular flexibility index (Phi) is 4.96. The molecule has 4 atom stereocenters. The quantitative estimate of drug-likeness (QED) is 0.479. The lowest BCUT2D eigenvalue weighted by molar-refractivity contribution is -0.0513. The highest BCUT2D eigenvalue weighted by Crippen LogP contribution is 2.34. The Labute approximate surface area is 165 Å². The summed E-state index contributed by atoms with van der Waals surface area (Å²) in [4.78, 5) is 12.6. The van der Waals surface area contributed by atoms with E-state index in [0.717, 1.165) is 5.56 Å². The van der Waals surface area contributed by atoms with Crippen molar-refractivity contribution in [2.45, 2.75) is 24.5 Å². The fourth-order valence-electron chi connectivity index (χ4n) is 3.29. The van der Waals surface area contributed by atoms with Crippen molar-refractivity contribution in [3.8, 4) is 6.07 Å². The van der Waals surface area contributed by atoms with Crippen LogP contribution >= 0.6 is 0 Å². The van der Waals surface area contributed by atoms with Crippen LogP contribution in [0.5, 0.6) is 0 Å². The summed E-state index contributed by atoms with van der Waals surface area (Å²) in [7, 11) is 0. The number of aromatic nitrogens is 4. The van der Waals surface area contributed by atoms with Gasteiger partial charge in [-0.05, 0) is 23.8 Å². The van der Waals surface area contributed by atoms with Crippen LogP contribution in [0.4, 0.5) is 5.82 Å². The van der Waals surface area contributed by atoms with Gasteiger partial charge in [0.15, 0.2) is 23.2 Å². The van der Waals surface area contributed by atoms with Crippen LogP contribution in [0, 0.1) is 11.3 Å². The monoisotopic (exact) mass is 394 g/mol. The molecular weight excluding hydrogens is 376 g/mol. The minimum atomic E-state index is -1.31. The number of nitrogens with zero attached hydrogens (tertiary/aromatic N) is 5. The molecule has 5 N–H and O–H groups in total. The Hall–Kier alpha value is -3.36. The van der Waals surface area contributed by atoms with Gasteiger partial charge in [-0.2, -0.15) is 5.26 Å². The molecule has 0 spiro atoms. The molecule has 1 aliphatic heterocycles. The summed E-state index contributed by atoms with van der Waals surface area (Å²) in [6, 6.07) is 9.07. The number of nitriles is 1. The second kappa shape index (κ2) is 7.57. The van der Waals surface area contributed by atoms with E-state index < -0.39 is 31.1 Å². The molecule has 29 heavy (non-hydrogen) atoms. The summed E-state index contributed by atoms with van der Waals surface area (Å²) in [5.74, 6) is 0.506. The topological polar surface area (TPSA) is 163 Å². The Morgan fingerprint density at radius 2 is 2.07 bits per heavy atom. The SMILES string of the molecule is N#Cc1cccc(/C=C/c2nc3c(N)ncnc3n2[C@@H]2O[C@H](CO)[C@@H](O)[C@H]2O)c1. The number of anilines is 1. The van der Waals surface area contributed by atoms with Gasteiger partial charge in [0.25, 0.3) is 0 Å². The van der Waals surface area contributed by atoms with E-state index in [1.54, 1.807) is 30.4 Å². The van der Waals surface area contributed by atoms with E-state index in [1.165, 1.54) is 10.9 Å². The third-order valence-electron chi connectivity index (χ3n) is 4.74. The van der Waals surface area contributed by atoms with Gasteiger partial charge in [-0.3, -0.25) is 4.57 Å². The van der Waals surface area contributed by atoms with Crippen molar-refractivity contribution >= 4 is 29.1 Å². The predicted octanol–water partition coefficient (Wildman–Crippen LogP) is 0.0621. The lowest BCUT2D eigenvalue weighted by Gasteiger charge is -2.18. The first kappa shape index (κ1) is 19.0. The molecule has 1 fully saturated rings. The van der Waals surface area contributed by atoms with E-state index in [4.69, 9.17) is 15.7 Å². The number of aliphatic hydroxyl groups excluding tert-OH is 3. The molecule has 0 saturated carbocycles. The number of aliphatic hydroxyl groups is 3. The highest BCUT2D eigenvalue weighted by molar-refractivity contribution is 5.84.